The Balaban J connectivity index is 3.20. The van der Waals surface area contributed by atoms with E-state index in [0.717, 1.165) is 5.56 Å². The van der Waals surface area contributed by atoms with Crippen LogP contribution in [0.15, 0.2) is 24.8 Å². The summed E-state index contributed by atoms with van der Waals surface area (Å²) in [5.41, 5.74) is 6.35. The van der Waals surface area contributed by atoms with Crippen LogP contribution in [0.2, 0.25) is 0 Å². The molecule has 0 aromatic heterocycles. The summed E-state index contributed by atoms with van der Waals surface area (Å²) in [4.78, 5) is 0. The summed E-state index contributed by atoms with van der Waals surface area (Å²) in [6.45, 7) is 3.55. The first kappa shape index (κ1) is 8.33. The van der Waals surface area contributed by atoms with E-state index in [1.165, 1.54) is 6.07 Å². The lowest BCUT2D eigenvalue weighted by Gasteiger charge is -2.02. The second kappa shape index (κ2) is 3.09. The molecule has 1 aromatic carbocycles. The van der Waals surface area contributed by atoms with Crippen molar-refractivity contribution >= 4 is 11.9 Å². The van der Waals surface area contributed by atoms with Crippen LogP contribution in [0.3, 0.4) is 0 Å². The van der Waals surface area contributed by atoms with Crippen LogP contribution in [0.1, 0.15) is 11.1 Å². The standard InChI is InChI=1S/C9H10N2O/c1-2-6-3-4-7(9(10)11)8(12)5-6/h2-5,12H,1H2,(H3,10,11). The fraction of sp³-hybridized carbons (Fsp3) is 0. The number of nitrogens with one attached hydrogen (secondary N) is 1. The van der Waals surface area contributed by atoms with Gasteiger partial charge in [-0.3, -0.25) is 5.41 Å². The van der Waals surface area contributed by atoms with Gasteiger partial charge in [-0.25, -0.2) is 0 Å². The van der Waals surface area contributed by atoms with Gasteiger partial charge in [0.15, 0.2) is 0 Å². The number of nitrogens with two attached hydrogens (primary N) is 1. The largest absolute Gasteiger partial charge is 0.507 e. The fourth-order valence-electron chi connectivity index (χ4n) is 0.903. The molecule has 0 aliphatic carbocycles. The van der Waals surface area contributed by atoms with Crippen LogP contribution in [0.4, 0.5) is 0 Å². The van der Waals surface area contributed by atoms with Gasteiger partial charge in [-0.15, -0.1) is 0 Å². The van der Waals surface area contributed by atoms with Crippen molar-refractivity contribution in [1.82, 2.24) is 0 Å². The minimum Gasteiger partial charge on any atom is -0.507 e. The maximum Gasteiger partial charge on any atom is 0.127 e. The highest BCUT2D eigenvalue weighted by Gasteiger charge is 2.02. The highest BCUT2D eigenvalue weighted by molar-refractivity contribution is 5.97. The molecular weight excluding hydrogens is 152 g/mol. The monoisotopic (exact) mass is 162 g/mol. The quantitative estimate of drug-likeness (QED) is 0.453. The van der Waals surface area contributed by atoms with E-state index in [-0.39, 0.29) is 11.6 Å². The van der Waals surface area contributed by atoms with Crippen molar-refractivity contribution in [2.75, 3.05) is 0 Å². The van der Waals surface area contributed by atoms with E-state index in [4.69, 9.17) is 11.1 Å². The Morgan fingerprint density at radius 1 is 1.58 bits per heavy atom. The molecule has 0 bridgehead atoms. The summed E-state index contributed by atoms with van der Waals surface area (Å²) in [5, 5.41) is 16.4. The summed E-state index contributed by atoms with van der Waals surface area (Å²) in [6.07, 6.45) is 1.61. The average Bonchev–Trinajstić information content (AvgIpc) is 2.03. The lowest BCUT2D eigenvalue weighted by Crippen LogP contribution is -2.10. The molecule has 0 heterocycles. The zero-order valence-corrected chi connectivity index (χ0v) is 6.54. The summed E-state index contributed by atoms with van der Waals surface area (Å²) in [7, 11) is 0. The van der Waals surface area contributed by atoms with Crippen molar-refractivity contribution in [3.05, 3.63) is 35.9 Å². The maximum atomic E-state index is 9.32. The smallest absolute Gasteiger partial charge is 0.127 e. The van der Waals surface area contributed by atoms with Gasteiger partial charge in [-0.1, -0.05) is 18.7 Å². The third-order valence-corrected chi connectivity index (χ3v) is 1.55. The maximum absolute atomic E-state index is 9.32. The first-order chi connectivity index (χ1) is 5.65. The highest BCUT2D eigenvalue weighted by Crippen LogP contribution is 2.18. The molecule has 0 fully saturated rings. The Morgan fingerprint density at radius 3 is 2.67 bits per heavy atom. The number of hydrogen-bond acceptors (Lipinski definition) is 2. The van der Waals surface area contributed by atoms with Crippen molar-refractivity contribution in [3.63, 3.8) is 0 Å². The first-order valence-electron chi connectivity index (χ1n) is 3.45. The Kier molecular flexibility index (Phi) is 2.14. The lowest BCUT2D eigenvalue weighted by atomic mass is 10.1. The van der Waals surface area contributed by atoms with E-state index in [1.54, 1.807) is 18.2 Å². The van der Waals surface area contributed by atoms with Gasteiger partial charge in [0, 0.05) is 0 Å². The number of benzene rings is 1. The predicted molar refractivity (Wildman–Crippen MR) is 49.2 cm³/mol. The summed E-state index contributed by atoms with van der Waals surface area (Å²) >= 11 is 0. The molecule has 0 saturated heterocycles. The van der Waals surface area contributed by atoms with E-state index >= 15 is 0 Å². The molecule has 0 unspecified atom stereocenters. The molecule has 0 amide bonds. The minimum absolute atomic E-state index is 0.0138. The molecule has 0 saturated carbocycles. The van der Waals surface area contributed by atoms with E-state index in [1.807, 2.05) is 0 Å². The minimum atomic E-state index is -0.136. The van der Waals surface area contributed by atoms with Crippen molar-refractivity contribution in [3.8, 4) is 5.75 Å². The van der Waals surface area contributed by atoms with Crippen molar-refractivity contribution in [2.24, 2.45) is 5.73 Å². The number of amidine groups is 1. The number of rotatable bonds is 2. The number of phenols is 1. The van der Waals surface area contributed by atoms with Gasteiger partial charge in [0.25, 0.3) is 0 Å². The van der Waals surface area contributed by atoms with E-state index in [9.17, 15) is 5.11 Å². The molecule has 3 nitrogen and oxygen atoms in total. The fourth-order valence-corrected chi connectivity index (χ4v) is 0.903. The molecule has 3 heteroatoms. The van der Waals surface area contributed by atoms with Gasteiger partial charge in [0.05, 0.1) is 5.56 Å². The highest BCUT2D eigenvalue weighted by atomic mass is 16.3. The topological polar surface area (TPSA) is 70.1 Å². The van der Waals surface area contributed by atoms with Crippen LogP contribution < -0.4 is 5.73 Å². The Hall–Kier alpha value is -1.77. The van der Waals surface area contributed by atoms with Crippen LogP contribution in [-0.4, -0.2) is 10.9 Å². The van der Waals surface area contributed by atoms with Crippen molar-refractivity contribution in [2.45, 2.75) is 0 Å². The summed E-state index contributed by atoms with van der Waals surface area (Å²) < 4.78 is 0. The first-order valence-corrected chi connectivity index (χ1v) is 3.45. The normalized spacial score (nSPS) is 9.33. The lowest BCUT2D eigenvalue weighted by molar-refractivity contribution is 0.474. The molecule has 12 heavy (non-hydrogen) atoms. The number of phenolic OH excluding ortho intramolecular Hbond substituents is 1. The molecule has 1 rings (SSSR count). The molecule has 4 N–H and O–H groups in total. The number of hydrogen-bond donors (Lipinski definition) is 3. The third-order valence-electron chi connectivity index (χ3n) is 1.55. The Labute approximate surface area is 70.7 Å². The molecule has 0 atom stereocenters. The third kappa shape index (κ3) is 1.45. The molecule has 0 radical (unpaired) electrons. The molecule has 1 aromatic rings. The van der Waals surface area contributed by atoms with E-state index < -0.39 is 0 Å². The molecule has 0 aliphatic heterocycles. The number of aromatic hydroxyl groups is 1. The number of nitrogen functional groups attached to an aromatic ring is 1. The summed E-state index contributed by atoms with van der Waals surface area (Å²) in [6, 6.07) is 4.85. The van der Waals surface area contributed by atoms with Gasteiger partial charge >= 0.3 is 0 Å². The van der Waals surface area contributed by atoms with Gasteiger partial charge in [-0.05, 0) is 17.7 Å². The molecular formula is C9H10N2O. The molecule has 62 valence electrons. The van der Waals surface area contributed by atoms with Crippen molar-refractivity contribution in [1.29, 1.82) is 5.41 Å². The Morgan fingerprint density at radius 2 is 2.25 bits per heavy atom. The van der Waals surface area contributed by atoms with Crippen LogP contribution in [0.5, 0.6) is 5.75 Å². The van der Waals surface area contributed by atoms with Crippen LogP contribution in [0, 0.1) is 5.41 Å². The van der Waals surface area contributed by atoms with Crippen LogP contribution in [-0.2, 0) is 0 Å². The Bertz CT molecular complexity index is 331. The van der Waals surface area contributed by atoms with Gasteiger partial charge in [-0.2, -0.15) is 0 Å². The molecule has 0 spiro atoms. The second-order valence-corrected chi connectivity index (χ2v) is 2.39. The van der Waals surface area contributed by atoms with Crippen LogP contribution in [0.25, 0.3) is 6.08 Å². The zero-order valence-electron chi connectivity index (χ0n) is 6.54. The van der Waals surface area contributed by atoms with Crippen molar-refractivity contribution < 1.29 is 5.11 Å². The zero-order chi connectivity index (χ0) is 9.14. The second-order valence-electron chi connectivity index (χ2n) is 2.39. The molecule has 0 aliphatic rings. The summed E-state index contributed by atoms with van der Waals surface area (Å²) in [5.74, 6) is -0.122. The SMILES string of the molecule is C=Cc1ccc(C(=N)N)c(O)c1. The average molecular weight is 162 g/mol. The van der Waals surface area contributed by atoms with E-state index in [2.05, 4.69) is 6.58 Å². The van der Waals surface area contributed by atoms with E-state index in [0.29, 0.717) is 5.56 Å². The van der Waals surface area contributed by atoms with Gasteiger partial charge in [0.2, 0.25) is 0 Å². The van der Waals surface area contributed by atoms with Gasteiger partial charge in [0.1, 0.15) is 11.6 Å². The van der Waals surface area contributed by atoms with Gasteiger partial charge < -0.3 is 10.8 Å². The predicted octanol–water partition coefficient (Wildman–Crippen LogP) is 1.32. The van der Waals surface area contributed by atoms with Crippen LogP contribution >= 0.6 is 0 Å².